The molecule has 0 unspecified atom stereocenters. The number of halogens is 2. The number of hydrogen-bond donors (Lipinski definition) is 2. The van der Waals surface area contributed by atoms with Crippen molar-refractivity contribution in [3.05, 3.63) is 36.7 Å². The molecule has 140 valence electrons. The average molecular weight is 388 g/mol. The minimum absolute atomic E-state index is 0. The van der Waals surface area contributed by atoms with Gasteiger partial charge in [0.05, 0.1) is 6.61 Å². The van der Waals surface area contributed by atoms with E-state index in [1.807, 2.05) is 36.7 Å². The summed E-state index contributed by atoms with van der Waals surface area (Å²) in [4.78, 5) is 4.52. The monoisotopic (exact) mass is 387 g/mol. The summed E-state index contributed by atoms with van der Waals surface area (Å²) in [6, 6.07) is 8.21. The first-order chi connectivity index (χ1) is 11.3. The van der Waals surface area contributed by atoms with Gasteiger partial charge in [0.15, 0.2) is 0 Å². The fraction of sp³-hybridized carbons (Fsp3) is 0.500. The predicted octanol–water partition coefficient (Wildman–Crippen LogP) is 3.28. The Kier molecular flexibility index (Phi) is 9.28. The van der Waals surface area contributed by atoms with Crippen LogP contribution in [0, 0.1) is 5.92 Å². The van der Waals surface area contributed by atoms with Crippen molar-refractivity contribution in [2.75, 3.05) is 13.2 Å². The largest absolute Gasteiger partial charge is 0.491 e. The molecule has 2 aromatic rings. The summed E-state index contributed by atoms with van der Waals surface area (Å²) < 4.78 is 7.71. The van der Waals surface area contributed by atoms with E-state index in [-0.39, 0.29) is 31.4 Å². The Hall–Kier alpha value is -1.27. The van der Waals surface area contributed by atoms with Crippen LogP contribution in [0.1, 0.15) is 25.7 Å². The number of rotatable bonds is 6. The van der Waals surface area contributed by atoms with Crippen LogP contribution < -0.4 is 10.5 Å². The van der Waals surface area contributed by atoms with Gasteiger partial charge in [0, 0.05) is 30.5 Å². The summed E-state index contributed by atoms with van der Waals surface area (Å²) in [5.74, 6) is 2.34. The van der Waals surface area contributed by atoms with E-state index < -0.39 is 0 Å². The topological polar surface area (TPSA) is 73.3 Å². The van der Waals surface area contributed by atoms with Gasteiger partial charge in [-0.2, -0.15) is 0 Å². The molecule has 0 aliphatic heterocycles. The molecular formula is C18H27Cl2N3O2. The van der Waals surface area contributed by atoms with Crippen LogP contribution in [0.5, 0.6) is 5.75 Å². The Morgan fingerprint density at radius 3 is 2.88 bits per heavy atom. The van der Waals surface area contributed by atoms with E-state index in [0.717, 1.165) is 36.5 Å². The second-order valence-electron chi connectivity index (χ2n) is 6.30. The molecule has 1 heterocycles. The van der Waals surface area contributed by atoms with Crippen LogP contribution in [0.15, 0.2) is 36.7 Å². The number of aliphatic hydroxyl groups is 1. The van der Waals surface area contributed by atoms with Gasteiger partial charge in [0.2, 0.25) is 0 Å². The normalized spacial score (nSPS) is 19.6. The van der Waals surface area contributed by atoms with Crippen molar-refractivity contribution < 1.29 is 9.84 Å². The Morgan fingerprint density at radius 2 is 2.12 bits per heavy atom. The Morgan fingerprint density at radius 1 is 1.28 bits per heavy atom. The second kappa shape index (κ2) is 10.7. The number of aromatic nitrogens is 2. The molecule has 1 aromatic carbocycles. The molecule has 0 amide bonds. The van der Waals surface area contributed by atoms with Crippen molar-refractivity contribution in [3.8, 4) is 17.1 Å². The SMILES string of the molecule is Cl.Cl.N[C@@H]1CCC[C@H](Cn2ccnc2-c2cccc(OCCO)c2)C1. The van der Waals surface area contributed by atoms with Crippen LogP contribution in [-0.2, 0) is 6.54 Å². The highest BCUT2D eigenvalue weighted by Crippen LogP contribution is 2.28. The first kappa shape index (κ1) is 21.8. The number of hydrogen-bond acceptors (Lipinski definition) is 4. The lowest BCUT2D eigenvalue weighted by Crippen LogP contribution is -2.29. The van der Waals surface area contributed by atoms with Crippen LogP contribution in [0.4, 0.5) is 0 Å². The van der Waals surface area contributed by atoms with E-state index >= 15 is 0 Å². The fourth-order valence-electron chi connectivity index (χ4n) is 3.38. The molecule has 0 spiro atoms. The van der Waals surface area contributed by atoms with Crippen LogP contribution in [0.25, 0.3) is 11.4 Å². The minimum Gasteiger partial charge on any atom is -0.491 e. The maximum atomic E-state index is 8.88. The van der Waals surface area contributed by atoms with E-state index in [1.54, 1.807) is 0 Å². The number of imidazole rings is 1. The Balaban J connectivity index is 0.00000156. The van der Waals surface area contributed by atoms with Crippen molar-refractivity contribution in [2.24, 2.45) is 11.7 Å². The van der Waals surface area contributed by atoms with Gasteiger partial charge in [0.25, 0.3) is 0 Å². The van der Waals surface area contributed by atoms with Crippen LogP contribution in [-0.4, -0.2) is 33.9 Å². The third-order valence-electron chi connectivity index (χ3n) is 4.45. The number of aliphatic hydroxyl groups excluding tert-OH is 1. The quantitative estimate of drug-likeness (QED) is 0.797. The molecular weight excluding hydrogens is 361 g/mol. The molecule has 3 N–H and O–H groups in total. The molecule has 3 rings (SSSR count). The van der Waals surface area contributed by atoms with Gasteiger partial charge < -0.3 is 20.1 Å². The van der Waals surface area contributed by atoms with E-state index in [1.165, 1.54) is 12.8 Å². The molecule has 1 aliphatic carbocycles. The van der Waals surface area contributed by atoms with Crippen molar-refractivity contribution >= 4 is 24.8 Å². The molecule has 0 bridgehead atoms. The number of ether oxygens (including phenoxy) is 1. The molecule has 1 saturated carbocycles. The van der Waals surface area contributed by atoms with Crippen molar-refractivity contribution in [3.63, 3.8) is 0 Å². The smallest absolute Gasteiger partial charge is 0.140 e. The summed E-state index contributed by atoms with van der Waals surface area (Å²) in [5.41, 5.74) is 7.14. The van der Waals surface area contributed by atoms with Crippen LogP contribution in [0.3, 0.4) is 0 Å². The average Bonchev–Trinajstić information content (AvgIpc) is 3.01. The van der Waals surface area contributed by atoms with Crippen molar-refractivity contribution in [1.29, 1.82) is 0 Å². The highest BCUT2D eigenvalue weighted by atomic mass is 35.5. The minimum atomic E-state index is 0. The maximum absolute atomic E-state index is 8.88. The van der Waals surface area contributed by atoms with Gasteiger partial charge in [-0.3, -0.25) is 0 Å². The number of nitrogens with two attached hydrogens (primary N) is 1. The molecule has 0 radical (unpaired) electrons. The number of benzene rings is 1. The summed E-state index contributed by atoms with van der Waals surface area (Å²) in [6.07, 6.45) is 8.59. The predicted molar refractivity (Wildman–Crippen MR) is 105 cm³/mol. The molecule has 7 heteroatoms. The molecule has 5 nitrogen and oxygen atoms in total. The molecule has 2 atom stereocenters. The zero-order valence-corrected chi connectivity index (χ0v) is 15.8. The van der Waals surface area contributed by atoms with E-state index in [4.69, 9.17) is 15.6 Å². The first-order valence-electron chi connectivity index (χ1n) is 8.37. The van der Waals surface area contributed by atoms with Crippen LogP contribution in [0.2, 0.25) is 0 Å². The van der Waals surface area contributed by atoms with E-state index in [9.17, 15) is 0 Å². The third kappa shape index (κ3) is 5.89. The van der Waals surface area contributed by atoms with Gasteiger partial charge in [-0.1, -0.05) is 18.6 Å². The third-order valence-corrected chi connectivity index (χ3v) is 4.45. The van der Waals surface area contributed by atoms with Gasteiger partial charge in [-0.25, -0.2) is 4.98 Å². The van der Waals surface area contributed by atoms with E-state index in [0.29, 0.717) is 18.6 Å². The lowest BCUT2D eigenvalue weighted by atomic mass is 9.86. The maximum Gasteiger partial charge on any atom is 0.140 e. The molecule has 25 heavy (non-hydrogen) atoms. The zero-order chi connectivity index (χ0) is 16.1. The summed E-state index contributed by atoms with van der Waals surface area (Å²) >= 11 is 0. The molecule has 0 saturated heterocycles. The number of nitrogens with zero attached hydrogens (tertiary/aromatic N) is 2. The highest BCUT2D eigenvalue weighted by Gasteiger charge is 2.20. The summed E-state index contributed by atoms with van der Waals surface area (Å²) in [7, 11) is 0. The van der Waals surface area contributed by atoms with Gasteiger partial charge in [0.1, 0.15) is 18.2 Å². The van der Waals surface area contributed by atoms with E-state index in [2.05, 4.69) is 9.55 Å². The van der Waals surface area contributed by atoms with Crippen molar-refractivity contribution in [2.45, 2.75) is 38.3 Å². The lowest BCUT2D eigenvalue weighted by Gasteiger charge is -2.27. The van der Waals surface area contributed by atoms with Gasteiger partial charge in [-0.05, 0) is 37.3 Å². The highest BCUT2D eigenvalue weighted by molar-refractivity contribution is 5.85. The zero-order valence-electron chi connectivity index (χ0n) is 14.2. The molecule has 1 aromatic heterocycles. The van der Waals surface area contributed by atoms with Gasteiger partial charge in [-0.15, -0.1) is 24.8 Å². The molecule has 1 aliphatic rings. The molecule has 1 fully saturated rings. The summed E-state index contributed by atoms with van der Waals surface area (Å²) in [6.45, 7) is 1.28. The Labute approximate surface area is 161 Å². The standard InChI is InChI=1S/C18H25N3O2.2ClH/c19-16-5-1-3-14(11-16)13-21-8-7-20-18(21)15-4-2-6-17(12-15)23-10-9-22;;/h2,4,6-8,12,14,16,22H,1,3,5,9-11,13,19H2;2*1H/t14-,16+;;/m0../s1. The first-order valence-corrected chi connectivity index (χ1v) is 8.37. The Bertz CT molecular complexity index is 636. The van der Waals surface area contributed by atoms with Crippen molar-refractivity contribution in [1.82, 2.24) is 9.55 Å². The fourth-order valence-corrected chi connectivity index (χ4v) is 3.38. The summed E-state index contributed by atoms with van der Waals surface area (Å²) in [5, 5.41) is 8.88. The van der Waals surface area contributed by atoms with Crippen LogP contribution >= 0.6 is 24.8 Å². The second-order valence-corrected chi connectivity index (χ2v) is 6.30. The lowest BCUT2D eigenvalue weighted by molar-refractivity contribution is 0.201. The van der Waals surface area contributed by atoms with Gasteiger partial charge >= 0.3 is 0 Å².